The molecule has 0 saturated carbocycles. The highest BCUT2D eigenvalue weighted by Gasteiger charge is 2.54. The summed E-state index contributed by atoms with van der Waals surface area (Å²) in [7, 11) is 1.26. The number of esters is 1. The van der Waals surface area contributed by atoms with E-state index in [0.29, 0.717) is 11.3 Å². The molecule has 3 aliphatic heterocycles. The molecule has 1 aromatic heterocycles. The third-order valence-corrected chi connectivity index (χ3v) is 6.87. The molecule has 4 heterocycles. The zero-order valence-corrected chi connectivity index (χ0v) is 18.1. The fourth-order valence-electron chi connectivity index (χ4n) is 3.51. The smallest absolute Gasteiger partial charge is 0.352 e. The number of carboxylic acid groups (broad SMARTS) is 1. The monoisotopic (exact) mass is 479 g/mol. The Bertz CT molecular complexity index is 1100. The van der Waals surface area contributed by atoms with E-state index in [0.717, 1.165) is 16.2 Å². The number of cyclic esters (lactones) is 1. The summed E-state index contributed by atoms with van der Waals surface area (Å²) in [4.78, 5) is 58.6. The Morgan fingerprint density at radius 3 is 2.84 bits per heavy atom. The number of oxime groups is 1. The molecule has 1 fully saturated rings. The number of thioether (sulfide) groups is 1. The number of aliphatic carboxylic acids is 1. The van der Waals surface area contributed by atoms with Crippen molar-refractivity contribution in [2.24, 2.45) is 5.16 Å². The largest absolute Gasteiger partial charge is 0.477 e. The van der Waals surface area contributed by atoms with Crippen molar-refractivity contribution < 1.29 is 33.9 Å². The van der Waals surface area contributed by atoms with Crippen LogP contribution in [0.25, 0.3) is 0 Å². The molecule has 168 valence electrons. The number of carboxylic acids is 1. The van der Waals surface area contributed by atoms with E-state index < -0.39 is 41.3 Å². The van der Waals surface area contributed by atoms with Gasteiger partial charge in [-0.05, 0) is 11.6 Å². The number of carbonyl (C=O) groups is 4. The van der Waals surface area contributed by atoms with E-state index in [1.807, 2.05) is 0 Å². The van der Waals surface area contributed by atoms with Crippen molar-refractivity contribution in [2.45, 2.75) is 23.9 Å². The number of hydrogen-bond donors (Lipinski definition) is 3. The molecule has 4 N–H and O–H groups in total. The van der Waals surface area contributed by atoms with Crippen LogP contribution in [0.2, 0.25) is 0 Å². The van der Waals surface area contributed by atoms with Crippen LogP contribution in [0.1, 0.15) is 12.1 Å². The molecule has 0 bridgehead atoms. The Morgan fingerprint density at radius 2 is 2.25 bits per heavy atom. The molecule has 0 aliphatic carbocycles. The summed E-state index contributed by atoms with van der Waals surface area (Å²) in [5, 5.41) is 17.1. The zero-order chi connectivity index (χ0) is 23.0. The molecule has 0 aromatic carbocycles. The number of carbonyl (C=O) groups excluding carboxylic acids is 3. The van der Waals surface area contributed by atoms with Gasteiger partial charge in [0.1, 0.15) is 36.0 Å². The van der Waals surface area contributed by atoms with Gasteiger partial charge in [-0.3, -0.25) is 14.5 Å². The summed E-state index contributed by atoms with van der Waals surface area (Å²) >= 11 is 2.42. The van der Waals surface area contributed by atoms with Crippen LogP contribution in [0.3, 0.4) is 0 Å². The SMILES string of the molecule is CO/N=C(\C(=O)N[C@@H]1C(=O)N2C(C(=O)O)=C(CC3C=CC(=O)O3)CS[C@H]12)c1csc(N)n1. The molecule has 1 unspecified atom stereocenters. The average molecular weight is 479 g/mol. The molecular formula is C18H17N5O7S2. The highest BCUT2D eigenvalue weighted by molar-refractivity contribution is 8.00. The van der Waals surface area contributed by atoms with Gasteiger partial charge in [-0.2, -0.15) is 0 Å². The molecule has 14 heteroatoms. The van der Waals surface area contributed by atoms with Gasteiger partial charge in [0.25, 0.3) is 11.8 Å². The van der Waals surface area contributed by atoms with E-state index in [4.69, 9.17) is 15.3 Å². The minimum atomic E-state index is -1.27. The van der Waals surface area contributed by atoms with Gasteiger partial charge in [-0.15, -0.1) is 23.1 Å². The average Bonchev–Trinajstić information content (AvgIpc) is 3.37. The van der Waals surface area contributed by atoms with Crippen LogP contribution in [-0.2, 0) is 28.8 Å². The van der Waals surface area contributed by atoms with Crippen molar-refractivity contribution in [1.82, 2.24) is 15.2 Å². The molecule has 0 radical (unpaired) electrons. The van der Waals surface area contributed by atoms with Crippen LogP contribution in [0.4, 0.5) is 5.13 Å². The summed E-state index contributed by atoms with van der Waals surface area (Å²) in [6.07, 6.45) is 2.42. The van der Waals surface area contributed by atoms with E-state index in [1.165, 1.54) is 30.3 Å². The van der Waals surface area contributed by atoms with Crippen molar-refractivity contribution in [3.63, 3.8) is 0 Å². The zero-order valence-electron chi connectivity index (χ0n) is 16.5. The molecule has 1 aromatic rings. The first-order valence-corrected chi connectivity index (χ1v) is 11.1. The molecule has 32 heavy (non-hydrogen) atoms. The number of aromatic nitrogens is 1. The lowest BCUT2D eigenvalue weighted by molar-refractivity contribution is -0.150. The fourth-order valence-corrected chi connectivity index (χ4v) is 5.42. The second-order valence-electron chi connectivity index (χ2n) is 6.85. The maximum Gasteiger partial charge on any atom is 0.352 e. The standard InChI is InChI=1S/C18H17N5O7S2/c1-29-22-11(9-6-32-18(19)20-9)14(25)21-12-15(26)23-13(17(27)28)7(5-31-16(12)23)4-8-2-3-10(24)30-8/h2-3,6,8,12,16H,4-5H2,1H3,(H2,19,20)(H,21,25)(H,27,28)/b22-11-/t8?,12-,16-/m1/s1. The number of fused-ring (bicyclic) bond motifs is 1. The summed E-state index contributed by atoms with van der Waals surface area (Å²) < 4.78 is 5.08. The number of thiazole rings is 1. The number of nitrogen functional groups attached to an aromatic ring is 1. The maximum absolute atomic E-state index is 12.8. The highest BCUT2D eigenvalue weighted by atomic mass is 32.2. The molecule has 1 saturated heterocycles. The van der Waals surface area contributed by atoms with E-state index in [-0.39, 0.29) is 28.7 Å². The number of ether oxygens (including phenoxy) is 1. The number of nitrogens with zero attached hydrogens (tertiary/aromatic N) is 3. The van der Waals surface area contributed by atoms with Crippen LogP contribution in [0.5, 0.6) is 0 Å². The van der Waals surface area contributed by atoms with E-state index in [1.54, 1.807) is 6.08 Å². The number of anilines is 1. The fraction of sp³-hybridized carbons (Fsp3) is 0.333. The van der Waals surface area contributed by atoms with E-state index in [9.17, 15) is 24.3 Å². The predicted molar refractivity (Wildman–Crippen MR) is 113 cm³/mol. The first-order valence-electron chi connectivity index (χ1n) is 9.22. The Hall–Kier alpha value is -3.39. The molecule has 4 rings (SSSR count). The summed E-state index contributed by atoms with van der Waals surface area (Å²) in [6, 6.07) is -0.953. The van der Waals surface area contributed by atoms with E-state index in [2.05, 4.69) is 15.5 Å². The van der Waals surface area contributed by atoms with Crippen molar-refractivity contribution in [3.05, 3.63) is 34.5 Å². The number of rotatable bonds is 7. The minimum absolute atomic E-state index is 0.154. The number of hydrogen-bond acceptors (Lipinski definition) is 11. The molecule has 0 spiro atoms. The molecule has 3 aliphatic rings. The third kappa shape index (κ3) is 3.93. The van der Waals surface area contributed by atoms with Crippen molar-refractivity contribution in [1.29, 1.82) is 0 Å². The highest BCUT2D eigenvalue weighted by Crippen LogP contribution is 2.41. The van der Waals surface area contributed by atoms with Crippen molar-refractivity contribution in [2.75, 3.05) is 18.6 Å². The second-order valence-corrected chi connectivity index (χ2v) is 8.84. The number of β-lactam (4-membered cyclic amide) rings is 1. The lowest BCUT2D eigenvalue weighted by Gasteiger charge is -2.49. The Balaban J connectivity index is 1.50. The molecule has 3 atom stereocenters. The van der Waals surface area contributed by atoms with Crippen LogP contribution in [-0.4, -0.2) is 74.8 Å². The van der Waals surface area contributed by atoms with Crippen molar-refractivity contribution >= 4 is 57.7 Å². The Morgan fingerprint density at radius 1 is 1.47 bits per heavy atom. The topological polar surface area (TPSA) is 174 Å². The quantitative estimate of drug-likeness (QED) is 0.204. The van der Waals surface area contributed by atoms with Crippen LogP contribution >= 0.6 is 23.1 Å². The maximum atomic E-state index is 12.8. The summed E-state index contributed by atoms with van der Waals surface area (Å²) in [5.74, 6) is -2.74. The lowest BCUT2D eigenvalue weighted by atomic mass is 9.99. The Labute approximate surface area is 189 Å². The first kappa shape index (κ1) is 21.8. The predicted octanol–water partition coefficient (Wildman–Crippen LogP) is -0.314. The normalized spacial score (nSPS) is 24.7. The van der Waals surface area contributed by atoms with Gasteiger partial charge in [-0.25, -0.2) is 14.6 Å². The molecule has 2 amide bonds. The second kappa shape index (κ2) is 8.63. The summed E-state index contributed by atoms with van der Waals surface area (Å²) in [6.45, 7) is 0. The van der Waals surface area contributed by atoms with Gasteiger partial charge in [0.2, 0.25) is 0 Å². The third-order valence-electron chi connectivity index (χ3n) is 4.86. The number of nitrogens with two attached hydrogens (primary N) is 1. The number of nitrogens with one attached hydrogen (secondary N) is 1. The van der Waals surface area contributed by atoms with Gasteiger partial charge < -0.3 is 25.7 Å². The molecule has 12 nitrogen and oxygen atoms in total. The van der Waals surface area contributed by atoms with Gasteiger partial charge in [0, 0.05) is 23.6 Å². The van der Waals surface area contributed by atoms with Crippen LogP contribution in [0, 0.1) is 0 Å². The van der Waals surface area contributed by atoms with E-state index >= 15 is 0 Å². The van der Waals surface area contributed by atoms with Crippen LogP contribution < -0.4 is 11.1 Å². The number of amides is 2. The van der Waals surface area contributed by atoms with Gasteiger partial charge in [0.05, 0.1) is 0 Å². The summed E-state index contributed by atoms with van der Waals surface area (Å²) in [5.41, 5.74) is 5.96. The van der Waals surface area contributed by atoms with Gasteiger partial charge in [0.15, 0.2) is 10.8 Å². The molecular weight excluding hydrogens is 462 g/mol. The minimum Gasteiger partial charge on any atom is -0.477 e. The van der Waals surface area contributed by atoms with Crippen molar-refractivity contribution in [3.8, 4) is 0 Å². The first-order chi connectivity index (χ1) is 15.3. The van der Waals surface area contributed by atoms with Gasteiger partial charge >= 0.3 is 11.9 Å². The lowest BCUT2D eigenvalue weighted by Crippen LogP contribution is -2.71. The van der Waals surface area contributed by atoms with Gasteiger partial charge in [-0.1, -0.05) is 5.16 Å². The van der Waals surface area contributed by atoms with Crippen LogP contribution in [0.15, 0.2) is 34.0 Å². The Kier molecular flexibility index (Phi) is 5.88.